The first kappa shape index (κ1) is 25.3. The molecule has 0 rings (SSSR count). The lowest BCUT2D eigenvalue weighted by Gasteiger charge is -2.42. The Labute approximate surface area is 161 Å². The van der Waals surface area contributed by atoms with Gasteiger partial charge in [-0.1, -0.05) is 27.7 Å². The minimum absolute atomic E-state index is 0.652. The van der Waals surface area contributed by atoms with Crippen molar-refractivity contribution in [2.75, 3.05) is 0 Å². The second-order valence-electron chi connectivity index (χ2n) is 8.18. The van der Waals surface area contributed by atoms with Crippen molar-refractivity contribution in [1.82, 2.24) is 0 Å². The summed E-state index contributed by atoms with van der Waals surface area (Å²) in [6.07, 6.45) is 0. The molecule has 1 radical (unpaired) electrons. The summed E-state index contributed by atoms with van der Waals surface area (Å²) in [7, 11) is -5.81. The van der Waals surface area contributed by atoms with Crippen LogP contribution in [0.4, 0.5) is 0 Å². The first-order valence-corrected chi connectivity index (χ1v) is 24.9. The lowest BCUT2D eigenvalue weighted by Crippen LogP contribution is -2.53. The van der Waals surface area contributed by atoms with Crippen molar-refractivity contribution in [3.05, 3.63) is 0 Å². The van der Waals surface area contributed by atoms with Gasteiger partial charge in [-0.2, -0.15) is 10.7 Å². The quantitative estimate of drug-likeness (QED) is 0.322. The van der Waals surface area contributed by atoms with E-state index < -0.39 is 40.9 Å². The van der Waals surface area contributed by atoms with Gasteiger partial charge in [0, 0.05) is 0 Å². The molecule has 0 N–H and O–H groups in total. The Bertz CT molecular complexity index is 367. The van der Waals surface area contributed by atoms with Crippen LogP contribution >= 0.6 is 10.7 Å². The number of hydrogen-bond acceptors (Lipinski definition) is 4. The summed E-state index contributed by atoms with van der Waals surface area (Å²) in [6.45, 7) is 25.1. The second kappa shape index (κ2) is 10.0. The molecule has 0 saturated heterocycles. The molecule has 0 bridgehead atoms. The third-order valence-corrected chi connectivity index (χ3v) is 32.9. The standard InChI is InChI=1S/C15H41O3SSi5/c1-12-20(13-2)16-24(14-3,15-4)19-23(10,11)18-22(8,9)17-21(5,6)7/h12-15H2,1-11H3. The Balaban J connectivity index is 5.17. The predicted molar refractivity (Wildman–Crippen MR) is 123 cm³/mol. The molecule has 0 spiro atoms. The molecule has 24 heavy (non-hydrogen) atoms. The molecule has 0 atom stereocenters. The van der Waals surface area contributed by atoms with Gasteiger partial charge in [-0.05, 0) is 70.0 Å². The molecule has 3 nitrogen and oxygen atoms in total. The summed E-state index contributed by atoms with van der Waals surface area (Å²) >= 11 is 0. The Kier molecular flexibility index (Phi) is 10.6. The van der Waals surface area contributed by atoms with Gasteiger partial charge in [-0.25, -0.2) is 0 Å². The van der Waals surface area contributed by atoms with E-state index in [0.717, 1.165) is 0 Å². The maximum Gasteiger partial charge on any atom is 0.311 e. The first-order valence-electron chi connectivity index (χ1n) is 9.38. The molecule has 0 heterocycles. The molecule has 0 amide bonds. The van der Waals surface area contributed by atoms with Crippen LogP contribution in [0.5, 0.6) is 0 Å². The van der Waals surface area contributed by atoms with E-state index in [-0.39, 0.29) is 0 Å². The highest BCUT2D eigenvalue weighted by molar-refractivity contribution is 8.49. The van der Waals surface area contributed by atoms with E-state index in [2.05, 4.69) is 84.2 Å². The molecule has 0 aliphatic rings. The van der Waals surface area contributed by atoms with E-state index in [1.165, 1.54) is 24.2 Å². The maximum absolute atomic E-state index is 6.83. The Hall–Kier alpha value is 1.31. The van der Waals surface area contributed by atoms with Crippen molar-refractivity contribution in [3.8, 4) is 0 Å². The van der Waals surface area contributed by atoms with Gasteiger partial charge in [-0.3, -0.25) is 0 Å². The Morgan fingerprint density at radius 2 is 1.21 bits per heavy atom. The molecule has 9 heteroatoms. The summed E-state index contributed by atoms with van der Waals surface area (Å²) in [6, 6.07) is 4.77. The van der Waals surface area contributed by atoms with Crippen molar-refractivity contribution < 1.29 is 12.3 Å². The third kappa shape index (κ3) is 9.86. The summed E-state index contributed by atoms with van der Waals surface area (Å²) in [5.41, 5.74) is 0. The SMILES string of the molecule is CC[Si](CC)O[Si](CC)(CC)S[Si](C)(C)O[Si](C)(C)O[Si](C)(C)C. The molecule has 0 saturated carbocycles. The largest absolute Gasteiger partial charge is 0.448 e. The highest BCUT2D eigenvalue weighted by atomic mass is 32.5. The van der Waals surface area contributed by atoms with E-state index in [9.17, 15) is 0 Å². The number of rotatable bonds is 12. The average molecular weight is 442 g/mol. The van der Waals surface area contributed by atoms with Crippen LogP contribution in [0.15, 0.2) is 0 Å². The minimum atomic E-state index is -2.08. The molecule has 0 aliphatic carbocycles. The molecule has 0 unspecified atom stereocenters. The van der Waals surface area contributed by atoms with Gasteiger partial charge in [0.2, 0.25) is 14.9 Å². The van der Waals surface area contributed by atoms with Gasteiger partial charge >= 0.3 is 8.56 Å². The molecular weight excluding hydrogens is 401 g/mol. The van der Waals surface area contributed by atoms with Crippen molar-refractivity contribution >= 4 is 51.5 Å². The highest BCUT2D eigenvalue weighted by Gasteiger charge is 2.45. The topological polar surface area (TPSA) is 27.7 Å². The van der Waals surface area contributed by atoms with E-state index in [1.807, 2.05) is 0 Å². The first-order chi connectivity index (χ1) is 10.7. The predicted octanol–water partition coefficient (Wildman–Crippen LogP) is 6.52. The summed E-state index contributed by atoms with van der Waals surface area (Å²) in [5.74, 6) is 0. The van der Waals surface area contributed by atoms with Crippen molar-refractivity contribution in [2.24, 2.45) is 0 Å². The Morgan fingerprint density at radius 1 is 0.750 bits per heavy atom. The summed E-state index contributed by atoms with van der Waals surface area (Å²) in [4.78, 5) is 0. The van der Waals surface area contributed by atoms with Crippen LogP contribution in [0.25, 0.3) is 0 Å². The smallest absolute Gasteiger partial charge is 0.311 e. The molecular formula is C15H41O3SSi5. The molecule has 0 aromatic heterocycles. The van der Waals surface area contributed by atoms with Crippen LogP contribution in [-0.2, 0) is 12.3 Å². The molecule has 0 fully saturated rings. The van der Waals surface area contributed by atoms with E-state index in [0.29, 0.717) is 0 Å². The van der Waals surface area contributed by atoms with Crippen LogP contribution in [0.1, 0.15) is 27.7 Å². The van der Waals surface area contributed by atoms with Crippen molar-refractivity contribution in [2.45, 2.75) is 97.7 Å². The van der Waals surface area contributed by atoms with Crippen LogP contribution in [0, 0.1) is 0 Å². The van der Waals surface area contributed by atoms with Crippen molar-refractivity contribution in [1.29, 1.82) is 0 Å². The normalized spacial score (nSPS) is 14.5. The van der Waals surface area contributed by atoms with Crippen LogP contribution in [0.3, 0.4) is 0 Å². The van der Waals surface area contributed by atoms with E-state index in [1.54, 1.807) is 0 Å². The lowest BCUT2D eigenvalue weighted by atomic mass is 10.9. The van der Waals surface area contributed by atoms with E-state index >= 15 is 0 Å². The van der Waals surface area contributed by atoms with Gasteiger partial charge in [0.15, 0.2) is 17.4 Å². The molecule has 0 aliphatic heterocycles. The lowest BCUT2D eigenvalue weighted by molar-refractivity contribution is 0.402. The van der Waals surface area contributed by atoms with Gasteiger partial charge in [0.25, 0.3) is 0 Å². The molecule has 0 aromatic carbocycles. The summed E-state index contributed by atoms with van der Waals surface area (Å²) in [5, 5.41) is 0. The highest BCUT2D eigenvalue weighted by Crippen LogP contribution is 2.40. The zero-order valence-corrected chi connectivity index (χ0v) is 23.8. The molecule has 145 valence electrons. The Morgan fingerprint density at radius 3 is 1.54 bits per heavy atom. The molecule has 0 aromatic rings. The van der Waals surface area contributed by atoms with Gasteiger partial charge < -0.3 is 12.3 Å². The average Bonchev–Trinajstić information content (AvgIpc) is 2.39. The zero-order valence-electron chi connectivity index (χ0n) is 18.0. The fourth-order valence-electron chi connectivity index (χ4n) is 3.04. The van der Waals surface area contributed by atoms with Gasteiger partial charge in [0.05, 0.1) is 0 Å². The van der Waals surface area contributed by atoms with Crippen LogP contribution in [-0.4, -0.2) is 40.9 Å². The fourth-order valence-corrected chi connectivity index (χ4v) is 41.2. The second-order valence-corrected chi connectivity index (χ2v) is 34.0. The van der Waals surface area contributed by atoms with Gasteiger partial charge in [-0.15, -0.1) is 0 Å². The fraction of sp³-hybridized carbons (Fsp3) is 1.00. The third-order valence-electron chi connectivity index (χ3n) is 3.67. The minimum Gasteiger partial charge on any atom is -0.448 e. The van der Waals surface area contributed by atoms with Gasteiger partial charge in [0.1, 0.15) is 0 Å². The zero-order chi connectivity index (χ0) is 19.2. The summed E-state index contributed by atoms with van der Waals surface area (Å²) < 4.78 is 20.0. The maximum atomic E-state index is 6.83. The number of hydrogen-bond donors (Lipinski definition) is 0. The van der Waals surface area contributed by atoms with Crippen molar-refractivity contribution in [3.63, 3.8) is 0 Å². The van der Waals surface area contributed by atoms with Crippen LogP contribution < -0.4 is 0 Å². The van der Waals surface area contributed by atoms with Crippen LogP contribution in [0.2, 0.25) is 70.0 Å². The van der Waals surface area contributed by atoms with E-state index in [4.69, 9.17) is 12.3 Å². The monoisotopic (exact) mass is 441 g/mol.